The van der Waals surface area contributed by atoms with Crippen molar-refractivity contribution >= 4 is 11.7 Å². The van der Waals surface area contributed by atoms with Crippen LogP contribution in [0.2, 0.25) is 0 Å². The largest absolute Gasteiger partial charge is 0.466 e. The average Bonchev–Trinajstić information content (AvgIpc) is 2.30. The molecule has 0 fully saturated rings. The lowest BCUT2D eigenvalue weighted by Crippen LogP contribution is -2.15. The summed E-state index contributed by atoms with van der Waals surface area (Å²) in [7, 11) is 0. The summed E-state index contributed by atoms with van der Waals surface area (Å²) < 4.78 is 33.3. The van der Waals surface area contributed by atoms with Gasteiger partial charge in [0.25, 0.3) is 0 Å². The number of nitrogens with two attached hydrogens (primary N) is 1. The highest BCUT2D eigenvalue weighted by Gasteiger charge is 2.20. The molecule has 1 atom stereocenters. The fraction of sp³-hybridized carbons (Fsp3) is 0.417. The van der Waals surface area contributed by atoms with Crippen LogP contribution in [-0.4, -0.2) is 19.2 Å². The summed E-state index contributed by atoms with van der Waals surface area (Å²) in [6, 6.07) is 4.06. The molecule has 1 rings (SSSR count). The molecule has 0 saturated heterocycles. The third kappa shape index (κ3) is 3.58. The van der Waals surface area contributed by atoms with Crippen molar-refractivity contribution in [1.29, 1.82) is 0 Å². The van der Waals surface area contributed by atoms with E-state index < -0.39 is 18.5 Å². The Labute approximate surface area is 104 Å². The van der Waals surface area contributed by atoms with E-state index in [4.69, 9.17) is 10.5 Å². The van der Waals surface area contributed by atoms with Gasteiger partial charge in [-0.05, 0) is 37.6 Å². The molecule has 0 aromatic heterocycles. The first-order valence-electron chi connectivity index (χ1n) is 5.46. The summed E-state index contributed by atoms with van der Waals surface area (Å²) in [5.74, 6) is -1.13. The minimum absolute atomic E-state index is 0.0367. The van der Waals surface area contributed by atoms with Gasteiger partial charge in [-0.15, -0.1) is 0 Å². The maximum atomic E-state index is 12.1. The van der Waals surface area contributed by atoms with Crippen LogP contribution in [0.1, 0.15) is 25.3 Å². The number of halogens is 2. The second kappa shape index (κ2) is 6.18. The van der Waals surface area contributed by atoms with Gasteiger partial charge in [-0.2, -0.15) is 8.78 Å². The predicted octanol–water partition coefficient (Wildman–Crippen LogP) is 2.54. The number of carbonyl (C=O) groups is 1. The van der Waals surface area contributed by atoms with Crippen LogP contribution in [0.25, 0.3) is 0 Å². The monoisotopic (exact) mass is 259 g/mol. The maximum Gasteiger partial charge on any atom is 0.387 e. The standard InChI is InChI=1S/C12H15F2NO3/c1-3-17-11(16)7(2)9-6-8(18-12(13)14)4-5-10(9)15/h4-7,12H,3,15H2,1-2H3. The second-order valence-corrected chi connectivity index (χ2v) is 3.64. The zero-order chi connectivity index (χ0) is 13.7. The average molecular weight is 259 g/mol. The van der Waals surface area contributed by atoms with Gasteiger partial charge < -0.3 is 15.2 Å². The Morgan fingerprint density at radius 1 is 1.44 bits per heavy atom. The van der Waals surface area contributed by atoms with E-state index in [1.165, 1.54) is 18.2 Å². The first-order chi connectivity index (χ1) is 8.45. The van der Waals surface area contributed by atoms with Crippen molar-refractivity contribution in [1.82, 2.24) is 0 Å². The van der Waals surface area contributed by atoms with Gasteiger partial charge in [0, 0.05) is 5.69 Å². The molecule has 0 saturated carbocycles. The summed E-state index contributed by atoms with van der Waals surface area (Å²) in [5.41, 5.74) is 6.44. The molecule has 18 heavy (non-hydrogen) atoms. The number of rotatable bonds is 5. The SMILES string of the molecule is CCOC(=O)C(C)c1cc(OC(F)F)ccc1N. The number of benzene rings is 1. The van der Waals surface area contributed by atoms with E-state index in [0.29, 0.717) is 11.3 Å². The molecule has 0 aliphatic heterocycles. The molecule has 0 radical (unpaired) electrons. The van der Waals surface area contributed by atoms with Crippen LogP contribution in [0, 0.1) is 0 Å². The fourth-order valence-electron chi connectivity index (χ4n) is 1.50. The number of hydrogen-bond acceptors (Lipinski definition) is 4. The molecule has 0 aliphatic rings. The van der Waals surface area contributed by atoms with Gasteiger partial charge in [-0.3, -0.25) is 4.79 Å². The van der Waals surface area contributed by atoms with Crippen molar-refractivity contribution < 1.29 is 23.0 Å². The number of carbonyl (C=O) groups excluding carboxylic acids is 1. The highest BCUT2D eigenvalue weighted by Crippen LogP contribution is 2.28. The molecule has 0 heterocycles. The van der Waals surface area contributed by atoms with Gasteiger partial charge in [-0.25, -0.2) is 0 Å². The van der Waals surface area contributed by atoms with Crippen LogP contribution in [0.15, 0.2) is 18.2 Å². The van der Waals surface area contributed by atoms with Crippen LogP contribution in [0.3, 0.4) is 0 Å². The zero-order valence-electron chi connectivity index (χ0n) is 10.2. The molecule has 0 spiro atoms. The lowest BCUT2D eigenvalue weighted by Gasteiger charge is -2.14. The maximum absolute atomic E-state index is 12.1. The molecule has 2 N–H and O–H groups in total. The van der Waals surface area contributed by atoms with E-state index in [-0.39, 0.29) is 12.4 Å². The van der Waals surface area contributed by atoms with Gasteiger partial charge in [0.15, 0.2) is 0 Å². The Balaban J connectivity index is 2.96. The Morgan fingerprint density at radius 2 is 2.11 bits per heavy atom. The van der Waals surface area contributed by atoms with E-state index in [0.717, 1.165) is 0 Å². The number of nitrogen functional groups attached to an aromatic ring is 1. The van der Waals surface area contributed by atoms with Crippen molar-refractivity contribution in [3.63, 3.8) is 0 Å². The van der Waals surface area contributed by atoms with Gasteiger partial charge in [0.2, 0.25) is 0 Å². The lowest BCUT2D eigenvalue weighted by molar-refractivity contribution is -0.144. The van der Waals surface area contributed by atoms with Gasteiger partial charge in [0.1, 0.15) is 5.75 Å². The highest BCUT2D eigenvalue weighted by atomic mass is 19.3. The molecular formula is C12H15F2NO3. The van der Waals surface area contributed by atoms with Crippen LogP contribution >= 0.6 is 0 Å². The molecular weight excluding hydrogens is 244 g/mol. The fourth-order valence-corrected chi connectivity index (χ4v) is 1.50. The molecule has 100 valence electrons. The summed E-state index contributed by atoms with van der Waals surface area (Å²) in [5, 5.41) is 0. The van der Waals surface area contributed by atoms with Gasteiger partial charge in [-0.1, -0.05) is 0 Å². The van der Waals surface area contributed by atoms with Crippen molar-refractivity contribution in [3.8, 4) is 5.75 Å². The molecule has 1 unspecified atom stereocenters. The topological polar surface area (TPSA) is 61.5 Å². The number of alkyl halides is 2. The minimum Gasteiger partial charge on any atom is -0.466 e. The van der Waals surface area contributed by atoms with E-state index >= 15 is 0 Å². The highest BCUT2D eigenvalue weighted by molar-refractivity contribution is 5.80. The first kappa shape index (κ1) is 14.2. The molecule has 0 bridgehead atoms. The van der Waals surface area contributed by atoms with E-state index in [2.05, 4.69) is 4.74 Å². The number of anilines is 1. The first-order valence-corrected chi connectivity index (χ1v) is 5.46. The summed E-state index contributed by atoms with van der Waals surface area (Å²) >= 11 is 0. The smallest absolute Gasteiger partial charge is 0.387 e. The van der Waals surface area contributed by atoms with E-state index in [9.17, 15) is 13.6 Å². The van der Waals surface area contributed by atoms with Crippen molar-refractivity contribution in [2.45, 2.75) is 26.4 Å². The minimum atomic E-state index is -2.92. The third-order valence-corrected chi connectivity index (χ3v) is 2.39. The Hall–Kier alpha value is -1.85. The van der Waals surface area contributed by atoms with E-state index in [1.54, 1.807) is 13.8 Å². The van der Waals surface area contributed by atoms with Crippen molar-refractivity contribution in [2.24, 2.45) is 0 Å². The lowest BCUT2D eigenvalue weighted by atomic mass is 9.99. The Morgan fingerprint density at radius 3 is 2.67 bits per heavy atom. The number of hydrogen-bond donors (Lipinski definition) is 1. The van der Waals surface area contributed by atoms with Crippen molar-refractivity contribution in [3.05, 3.63) is 23.8 Å². The van der Waals surface area contributed by atoms with E-state index in [1.807, 2.05) is 0 Å². The molecule has 1 aromatic rings. The molecule has 4 nitrogen and oxygen atoms in total. The Kier molecular flexibility index (Phi) is 4.88. The van der Waals surface area contributed by atoms with Crippen molar-refractivity contribution in [2.75, 3.05) is 12.3 Å². The summed E-state index contributed by atoms with van der Waals surface area (Å²) in [6.45, 7) is 0.607. The third-order valence-electron chi connectivity index (χ3n) is 2.39. The zero-order valence-corrected chi connectivity index (χ0v) is 10.2. The predicted molar refractivity (Wildman–Crippen MR) is 62.5 cm³/mol. The van der Waals surface area contributed by atoms with Crippen LogP contribution in [0.4, 0.5) is 14.5 Å². The summed E-state index contributed by atoms with van der Waals surface area (Å²) in [4.78, 5) is 11.6. The molecule has 0 aliphatic carbocycles. The number of ether oxygens (including phenoxy) is 2. The van der Waals surface area contributed by atoms with Crippen LogP contribution in [-0.2, 0) is 9.53 Å². The van der Waals surface area contributed by atoms with Gasteiger partial charge >= 0.3 is 12.6 Å². The van der Waals surface area contributed by atoms with Crippen LogP contribution < -0.4 is 10.5 Å². The molecule has 6 heteroatoms. The molecule has 0 amide bonds. The quantitative estimate of drug-likeness (QED) is 0.652. The van der Waals surface area contributed by atoms with Gasteiger partial charge in [0.05, 0.1) is 12.5 Å². The number of esters is 1. The summed E-state index contributed by atoms with van der Waals surface area (Å²) in [6.07, 6.45) is 0. The second-order valence-electron chi connectivity index (χ2n) is 3.64. The molecule has 1 aromatic carbocycles. The van der Waals surface area contributed by atoms with Crippen LogP contribution in [0.5, 0.6) is 5.75 Å². The Bertz CT molecular complexity index is 424. The normalized spacial score (nSPS) is 12.3.